The van der Waals surface area contributed by atoms with Crippen molar-refractivity contribution < 1.29 is 4.79 Å². The average Bonchev–Trinajstić information content (AvgIpc) is 2.36. The third-order valence-electron chi connectivity index (χ3n) is 3.73. The summed E-state index contributed by atoms with van der Waals surface area (Å²) in [5, 5.41) is 0. The number of Topliss-reactive ketones (excluding diaryl/α,β-unsaturated/α-hetero) is 1. The molecular formula is C17H15BrO. The SMILES string of the molecule is O=C(Cc1cccc(Br)c1)CC1Cc2ccccc21. The largest absolute Gasteiger partial charge is 0.299 e. The summed E-state index contributed by atoms with van der Waals surface area (Å²) in [5.74, 6) is 0.772. The first-order chi connectivity index (χ1) is 9.22. The van der Waals surface area contributed by atoms with E-state index in [1.54, 1.807) is 0 Å². The molecule has 2 heteroatoms. The molecule has 3 rings (SSSR count). The highest BCUT2D eigenvalue weighted by Gasteiger charge is 2.27. The predicted molar refractivity (Wildman–Crippen MR) is 80.4 cm³/mol. The number of hydrogen-bond donors (Lipinski definition) is 0. The molecule has 1 aliphatic carbocycles. The first kappa shape index (κ1) is 12.6. The molecule has 0 aromatic heterocycles. The highest BCUT2D eigenvalue weighted by Crippen LogP contribution is 2.37. The van der Waals surface area contributed by atoms with Crippen molar-refractivity contribution in [2.45, 2.75) is 25.2 Å². The van der Waals surface area contributed by atoms with Crippen LogP contribution in [0.5, 0.6) is 0 Å². The fourth-order valence-corrected chi connectivity index (χ4v) is 3.21. The summed E-state index contributed by atoms with van der Waals surface area (Å²) in [5.41, 5.74) is 3.86. The van der Waals surface area contributed by atoms with Gasteiger partial charge in [0.2, 0.25) is 0 Å². The van der Waals surface area contributed by atoms with Crippen molar-refractivity contribution in [2.24, 2.45) is 0 Å². The summed E-state index contributed by atoms with van der Waals surface area (Å²) in [6.45, 7) is 0. The van der Waals surface area contributed by atoms with Crippen LogP contribution in [0.15, 0.2) is 53.0 Å². The molecule has 0 fully saturated rings. The molecule has 0 saturated heterocycles. The minimum absolute atomic E-state index is 0.331. The summed E-state index contributed by atoms with van der Waals surface area (Å²) >= 11 is 3.44. The summed E-state index contributed by atoms with van der Waals surface area (Å²) in [7, 11) is 0. The number of fused-ring (bicyclic) bond motifs is 1. The van der Waals surface area contributed by atoms with Crippen LogP contribution >= 0.6 is 15.9 Å². The molecule has 0 spiro atoms. The molecule has 2 aromatic rings. The summed E-state index contributed by atoms with van der Waals surface area (Å²) in [4.78, 5) is 12.1. The first-order valence-electron chi connectivity index (χ1n) is 6.56. The Balaban J connectivity index is 1.62. The Kier molecular flexibility index (Phi) is 3.52. The minimum atomic E-state index is 0.331. The number of benzene rings is 2. The molecule has 1 aliphatic rings. The molecule has 0 amide bonds. The Hall–Kier alpha value is -1.41. The Morgan fingerprint density at radius 3 is 2.79 bits per heavy atom. The molecule has 0 N–H and O–H groups in total. The van der Waals surface area contributed by atoms with E-state index < -0.39 is 0 Å². The third kappa shape index (κ3) is 2.79. The molecule has 19 heavy (non-hydrogen) atoms. The number of carbonyl (C=O) groups is 1. The highest BCUT2D eigenvalue weighted by atomic mass is 79.9. The molecule has 1 unspecified atom stereocenters. The smallest absolute Gasteiger partial charge is 0.137 e. The van der Waals surface area contributed by atoms with Gasteiger partial charge in [-0.1, -0.05) is 52.3 Å². The second kappa shape index (κ2) is 5.30. The van der Waals surface area contributed by atoms with Crippen LogP contribution < -0.4 is 0 Å². The molecule has 0 radical (unpaired) electrons. The van der Waals surface area contributed by atoms with Gasteiger partial charge < -0.3 is 0 Å². The standard InChI is InChI=1S/C17H15BrO/c18-15-6-3-4-12(8-15)9-16(19)11-14-10-13-5-1-2-7-17(13)14/h1-8,14H,9-11H2. The van der Waals surface area contributed by atoms with Crippen molar-refractivity contribution in [3.8, 4) is 0 Å². The van der Waals surface area contributed by atoms with Crippen LogP contribution in [0, 0.1) is 0 Å². The molecule has 1 nitrogen and oxygen atoms in total. The normalized spacial score (nSPS) is 16.6. The topological polar surface area (TPSA) is 17.1 Å². The van der Waals surface area contributed by atoms with Crippen LogP contribution in [-0.2, 0) is 17.6 Å². The fourth-order valence-electron chi connectivity index (χ4n) is 2.77. The molecule has 0 heterocycles. The summed E-state index contributed by atoms with van der Waals surface area (Å²) < 4.78 is 1.03. The van der Waals surface area contributed by atoms with Gasteiger partial charge in [0.1, 0.15) is 5.78 Å². The van der Waals surface area contributed by atoms with Gasteiger partial charge in [-0.15, -0.1) is 0 Å². The molecule has 0 saturated carbocycles. The van der Waals surface area contributed by atoms with E-state index in [1.807, 2.05) is 24.3 Å². The monoisotopic (exact) mass is 314 g/mol. The van der Waals surface area contributed by atoms with Crippen LogP contribution in [0.3, 0.4) is 0 Å². The van der Waals surface area contributed by atoms with Gasteiger partial charge in [-0.3, -0.25) is 4.79 Å². The Morgan fingerprint density at radius 1 is 1.16 bits per heavy atom. The van der Waals surface area contributed by atoms with Gasteiger partial charge in [-0.25, -0.2) is 0 Å². The molecule has 96 valence electrons. The second-order valence-corrected chi connectivity index (χ2v) is 6.07. The number of rotatable bonds is 4. The van der Waals surface area contributed by atoms with E-state index in [1.165, 1.54) is 11.1 Å². The lowest BCUT2D eigenvalue weighted by Gasteiger charge is -2.29. The minimum Gasteiger partial charge on any atom is -0.299 e. The van der Waals surface area contributed by atoms with Crippen LogP contribution in [0.1, 0.15) is 29.0 Å². The van der Waals surface area contributed by atoms with Crippen molar-refractivity contribution in [2.75, 3.05) is 0 Å². The lowest BCUT2D eigenvalue weighted by Crippen LogP contribution is -2.20. The first-order valence-corrected chi connectivity index (χ1v) is 7.35. The predicted octanol–water partition coefficient (Wildman–Crippen LogP) is 4.29. The van der Waals surface area contributed by atoms with Crippen LogP contribution in [0.4, 0.5) is 0 Å². The van der Waals surface area contributed by atoms with Gasteiger partial charge in [-0.2, -0.15) is 0 Å². The number of ketones is 1. The van der Waals surface area contributed by atoms with Crippen molar-refractivity contribution in [3.63, 3.8) is 0 Å². The zero-order valence-corrected chi connectivity index (χ0v) is 12.2. The van der Waals surface area contributed by atoms with Crippen molar-refractivity contribution >= 4 is 21.7 Å². The van der Waals surface area contributed by atoms with Gasteiger partial charge >= 0.3 is 0 Å². The quantitative estimate of drug-likeness (QED) is 0.822. The van der Waals surface area contributed by atoms with Gasteiger partial charge in [-0.05, 0) is 41.2 Å². The Morgan fingerprint density at radius 2 is 2.00 bits per heavy atom. The Labute approximate surface area is 121 Å². The molecule has 0 aliphatic heterocycles. The maximum atomic E-state index is 12.1. The van der Waals surface area contributed by atoms with Gasteiger partial charge in [0.05, 0.1) is 0 Å². The lowest BCUT2D eigenvalue weighted by atomic mass is 9.75. The number of hydrogen-bond acceptors (Lipinski definition) is 1. The second-order valence-electron chi connectivity index (χ2n) is 5.15. The van der Waals surface area contributed by atoms with E-state index in [0.29, 0.717) is 24.5 Å². The lowest BCUT2D eigenvalue weighted by molar-refractivity contribution is -0.118. The summed E-state index contributed by atoms with van der Waals surface area (Å²) in [6.07, 6.45) is 2.27. The molecule has 1 atom stereocenters. The van der Waals surface area contributed by atoms with E-state index in [9.17, 15) is 4.79 Å². The van der Waals surface area contributed by atoms with Crippen molar-refractivity contribution in [1.29, 1.82) is 0 Å². The maximum absolute atomic E-state index is 12.1. The molecular weight excluding hydrogens is 300 g/mol. The van der Waals surface area contributed by atoms with E-state index >= 15 is 0 Å². The number of halogens is 1. The fraction of sp³-hybridized carbons (Fsp3) is 0.235. The van der Waals surface area contributed by atoms with E-state index in [0.717, 1.165) is 16.5 Å². The van der Waals surface area contributed by atoms with Gasteiger partial charge in [0, 0.05) is 17.3 Å². The van der Waals surface area contributed by atoms with E-state index in [-0.39, 0.29) is 0 Å². The van der Waals surface area contributed by atoms with Crippen LogP contribution in [-0.4, -0.2) is 5.78 Å². The van der Waals surface area contributed by atoms with Gasteiger partial charge in [0.25, 0.3) is 0 Å². The zero-order chi connectivity index (χ0) is 13.2. The van der Waals surface area contributed by atoms with Crippen LogP contribution in [0.2, 0.25) is 0 Å². The zero-order valence-electron chi connectivity index (χ0n) is 10.6. The number of carbonyl (C=O) groups excluding carboxylic acids is 1. The molecule has 0 bridgehead atoms. The highest BCUT2D eigenvalue weighted by molar-refractivity contribution is 9.10. The Bertz CT molecular complexity index is 618. The van der Waals surface area contributed by atoms with Crippen LogP contribution in [0.25, 0.3) is 0 Å². The van der Waals surface area contributed by atoms with E-state index in [2.05, 4.69) is 40.2 Å². The maximum Gasteiger partial charge on any atom is 0.137 e. The van der Waals surface area contributed by atoms with Crippen molar-refractivity contribution in [3.05, 3.63) is 69.7 Å². The van der Waals surface area contributed by atoms with Crippen molar-refractivity contribution in [1.82, 2.24) is 0 Å². The molecule has 2 aromatic carbocycles. The summed E-state index contributed by atoms with van der Waals surface area (Å²) in [6, 6.07) is 16.4. The third-order valence-corrected chi connectivity index (χ3v) is 4.22. The van der Waals surface area contributed by atoms with E-state index in [4.69, 9.17) is 0 Å². The van der Waals surface area contributed by atoms with Gasteiger partial charge in [0.15, 0.2) is 0 Å². The average molecular weight is 315 g/mol.